The topological polar surface area (TPSA) is 75.4 Å². The SMILES string of the molecule is CCN(CC)C(=O)CCCC(=O)NC(C)(CN)C1CC1.Cl. The van der Waals surface area contributed by atoms with Crippen LogP contribution in [0.2, 0.25) is 0 Å². The van der Waals surface area contributed by atoms with Crippen molar-refractivity contribution in [1.29, 1.82) is 0 Å². The first-order valence-corrected chi connectivity index (χ1v) is 7.75. The fourth-order valence-electron chi connectivity index (χ4n) is 2.56. The van der Waals surface area contributed by atoms with Gasteiger partial charge in [0.05, 0.1) is 5.54 Å². The quantitative estimate of drug-likeness (QED) is 0.679. The van der Waals surface area contributed by atoms with Gasteiger partial charge in [-0.3, -0.25) is 9.59 Å². The van der Waals surface area contributed by atoms with Gasteiger partial charge in [-0.25, -0.2) is 0 Å². The van der Waals surface area contributed by atoms with Gasteiger partial charge in [0.15, 0.2) is 0 Å². The Morgan fingerprint density at radius 3 is 2.24 bits per heavy atom. The number of amides is 2. The van der Waals surface area contributed by atoms with Crippen LogP contribution < -0.4 is 11.1 Å². The average molecular weight is 320 g/mol. The maximum absolute atomic E-state index is 11.9. The third-order valence-corrected chi connectivity index (χ3v) is 4.24. The maximum atomic E-state index is 11.9. The van der Waals surface area contributed by atoms with Crippen molar-refractivity contribution in [2.45, 2.75) is 58.4 Å². The number of nitrogens with two attached hydrogens (primary N) is 1. The van der Waals surface area contributed by atoms with Crippen molar-refractivity contribution in [2.75, 3.05) is 19.6 Å². The van der Waals surface area contributed by atoms with Crippen LogP contribution in [0, 0.1) is 5.92 Å². The monoisotopic (exact) mass is 319 g/mol. The molecule has 1 rings (SSSR count). The third kappa shape index (κ3) is 6.22. The third-order valence-electron chi connectivity index (χ3n) is 4.24. The summed E-state index contributed by atoms with van der Waals surface area (Å²) in [5.41, 5.74) is 5.51. The van der Waals surface area contributed by atoms with E-state index in [1.165, 1.54) is 0 Å². The lowest BCUT2D eigenvalue weighted by molar-refractivity contribution is -0.131. The molecule has 1 fully saturated rings. The first kappa shape index (κ1) is 20.2. The fraction of sp³-hybridized carbons (Fsp3) is 0.867. The van der Waals surface area contributed by atoms with Crippen molar-refractivity contribution in [3.63, 3.8) is 0 Å². The van der Waals surface area contributed by atoms with Crippen LogP contribution in [0.4, 0.5) is 0 Å². The van der Waals surface area contributed by atoms with Gasteiger partial charge < -0.3 is 16.0 Å². The van der Waals surface area contributed by atoms with Crippen molar-refractivity contribution >= 4 is 24.2 Å². The number of halogens is 1. The molecular formula is C15H30ClN3O2. The van der Waals surface area contributed by atoms with E-state index >= 15 is 0 Å². The molecule has 21 heavy (non-hydrogen) atoms. The standard InChI is InChI=1S/C15H29N3O2.ClH/c1-4-18(5-2)14(20)8-6-7-13(19)17-15(3,11-16)12-9-10-12;/h12H,4-11,16H2,1-3H3,(H,17,19);1H. The second kappa shape index (κ2) is 9.26. The average Bonchev–Trinajstić information content (AvgIpc) is 3.24. The Morgan fingerprint density at radius 2 is 1.81 bits per heavy atom. The Kier molecular flexibility index (Phi) is 8.90. The van der Waals surface area contributed by atoms with E-state index in [0.717, 1.165) is 25.9 Å². The molecule has 5 nitrogen and oxygen atoms in total. The number of rotatable bonds is 9. The molecule has 0 aromatic rings. The van der Waals surface area contributed by atoms with Gasteiger partial charge in [-0.05, 0) is 46.0 Å². The molecule has 124 valence electrons. The highest BCUT2D eigenvalue weighted by Crippen LogP contribution is 2.38. The summed E-state index contributed by atoms with van der Waals surface area (Å²) in [5.74, 6) is 0.664. The molecule has 1 atom stereocenters. The lowest BCUT2D eigenvalue weighted by Crippen LogP contribution is -2.53. The van der Waals surface area contributed by atoms with Crippen LogP contribution in [0.5, 0.6) is 0 Å². The van der Waals surface area contributed by atoms with Crippen molar-refractivity contribution < 1.29 is 9.59 Å². The van der Waals surface area contributed by atoms with Gasteiger partial charge in [0.25, 0.3) is 0 Å². The van der Waals surface area contributed by atoms with Crippen LogP contribution in [0.1, 0.15) is 52.9 Å². The molecule has 0 saturated heterocycles. The minimum absolute atomic E-state index is 0. The first-order valence-electron chi connectivity index (χ1n) is 7.75. The number of carbonyl (C=O) groups is 2. The summed E-state index contributed by atoms with van der Waals surface area (Å²) in [6.45, 7) is 7.89. The van der Waals surface area contributed by atoms with Crippen LogP contribution >= 0.6 is 12.4 Å². The van der Waals surface area contributed by atoms with E-state index in [9.17, 15) is 9.59 Å². The Labute approximate surface area is 134 Å². The van der Waals surface area contributed by atoms with Gasteiger partial charge in [0, 0.05) is 32.5 Å². The highest BCUT2D eigenvalue weighted by atomic mass is 35.5. The molecule has 0 heterocycles. The zero-order valence-electron chi connectivity index (χ0n) is 13.5. The predicted molar refractivity (Wildman–Crippen MR) is 87.4 cm³/mol. The molecule has 1 aliphatic carbocycles. The van der Waals surface area contributed by atoms with Gasteiger partial charge in [0.2, 0.25) is 11.8 Å². The highest BCUT2D eigenvalue weighted by molar-refractivity contribution is 5.85. The molecule has 1 aliphatic rings. The van der Waals surface area contributed by atoms with E-state index < -0.39 is 0 Å². The predicted octanol–water partition coefficient (Wildman–Crippen LogP) is 1.69. The van der Waals surface area contributed by atoms with E-state index in [0.29, 0.717) is 31.7 Å². The number of nitrogens with zero attached hydrogens (tertiary/aromatic N) is 1. The van der Waals surface area contributed by atoms with Gasteiger partial charge in [-0.2, -0.15) is 0 Å². The Hall–Kier alpha value is -0.810. The Bertz CT molecular complexity index is 344. The number of carbonyl (C=O) groups excluding carboxylic acids is 2. The molecular weight excluding hydrogens is 290 g/mol. The van der Waals surface area contributed by atoms with Crippen LogP contribution in [0.25, 0.3) is 0 Å². The molecule has 6 heteroatoms. The van der Waals surface area contributed by atoms with Crippen molar-refractivity contribution in [2.24, 2.45) is 11.7 Å². The minimum atomic E-state index is -0.264. The lowest BCUT2D eigenvalue weighted by atomic mass is 9.95. The summed E-state index contributed by atoms with van der Waals surface area (Å²) in [7, 11) is 0. The minimum Gasteiger partial charge on any atom is -0.349 e. The largest absolute Gasteiger partial charge is 0.349 e. The van der Waals surface area contributed by atoms with Gasteiger partial charge in [-0.1, -0.05) is 0 Å². The lowest BCUT2D eigenvalue weighted by Gasteiger charge is -2.29. The molecule has 0 aromatic carbocycles. The highest BCUT2D eigenvalue weighted by Gasteiger charge is 2.41. The molecule has 0 aliphatic heterocycles. The number of hydrogen-bond acceptors (Lipinski definition) is 3. The molecule has 1 unspecified atom stereocenters. The van der Waals surface area contributed by atoms with Crippen LogP contribution in [0.15, 0.2) is 0 Å². The summed E-state index contributed by atoms with van der Waals surface area (Å²) in [4.78, 5) is 25.6. The molecule has 3 N–H and O–H groups in total. The Balaban J connectivity index is 0.00000400. The molecule has 0 radical (unpaired) electrons. The van der Waals surface area contributed by atoms with Crippen LogP contribution in [0.3, 0.4) is 0 Å². The normalized spacial score (nSPS) is 16.6. The molecule has 0 aromatic heterocycles. The van der Waals surface area contributed by atoms with E-state index in [-0.39, 0.29) is 29.8 Å². The van der Waals surface area contributed by atoms with E-state index in [2.05, 4.69) is 5.32 Å². The van der Waals surface area contributed by atoms with Crippen molar-refractivity contribution in [3.8, 4) is 0 Å². The van der Waals surface area contributed by atoms with Crippen molar-refractivity contribution in [3.05, 3.63) is 0 Å². The smallest absolute Gasteiger partial charge is 0.222 e. The zero-order chi connectivity index (χ0) is 15.2. The zero-order valence-corrected chi connectivity index (χ0v) is 14.3. The summed E-state index contributed by atoms with van der Waals surface area (Å²) in [6.07, 6.45) is 3.74. The maximum Gasteiger partial charge on any atom is 0.222 e. The van der Waals surface area contributed by atoms with Crippen LogP contribution in [-0.2, 0) is 9.59 Å². The second-order valence-electron chi connectivity index (χ2n) is 5.86. The molecule has 0 bridgehead atoms. The van der Waals surface area contributed by atoms with Crippen LogP contribution in [-0.4, -0.2) is 41.9 Å². The summed E-state index contributed by atoms with van der Waals surface area (Å²) >= 11 is 0. The van der Waals surface area contributed by atoms with Gasteiger partial charge in [0.1, 0.15) is 0 Å². The fourth-order valence-corrected chi connectivity index (χ4v) is 2.56. The molecule has 1 saturated carbocycles. The molecule has 0 spiro atoms. The van der Waals surface area contributed by atoms with Gasteiger partial charge >= 0.3 is 0 Å². The van der Waals surface area contributed by atoms with E-state index in [1.807, 2.05) is 20.8 Å². The number of hydrogen-bond donors (Lipinski definition) is 2. The number of nitrogens with one attached hydrogen (secondary N) is 1. The van der Waals surface area contributed by atoms with Crippen molar-refractivity contribution in [1.82, 2.24) is 10.2 Å². The van der Waals surface area contributed by atoms with E-state index in [1.54, 1.807) is 4.90 Å². The summed E-state index contributed by atoms with van der Waals surface area (Å²) in [6, 6.07) is 0. The van der Waals surface area contributed by atoms with Gasteiger partial charge in [-0.15, -0.1) is 12.4 Å². The summed E-state index contributed by atoms with van der Waals surface area (Å²) in [5, 5.41) is 3.05. The van der Waals surface area contributed by atoms with E-state index in [4.69, 9.17) is 5.73 Å². The summed E-state index contributed by atoms with van der Waals surface area (Å²) < 4.78 is 0. The first-order chi connectivity index (χ1) is 9.46. The molecule has 2 amide bonds. The Morgan fingerprint density at radius 1 is 1.24 bits per heavy atom. The second-order valence-corrected chi connectivity index (χ2v) is 5.86.